The standard InChI is InChI=1S/C20H19FN2O3/c1-4-26-18-11-7-16(8-12-18)20-14(3)22(24)13(2)19(23(20)25)15-5-9-17(21)10-6-15/h5-12H,4H2,1-3H3. The second-order valence-electron chi connectivity index (χ2n) is 5.92. The van der Waals surface area contributed by atoms with E-state index < -0.39 is 5.82 Å². The molecule has 0 saturated heterocycles. The van der Waals surface area contributed by atoms with Crippen molar-refractivity contribution in [3.05, 3.63) is 75.9 Å². The highest BCUT2D eigenvalue weighted by Gasteiger charge is 2.26. The quantitative estimate of drug-likeness (QED) is 0.659. The summed E-state index contributed by atoms with van der Waals surface area (Å²) >= 11 is 0. The Labute approximate surface area is 150 Å². The maximum absolute atomic E-state index is 13.2. The summed E-state index contributed by atoms with van der Waals surface area (Å²) < 4.78 is 20.1. The Morgan fingerprint density at radius 1 is 0.962 bits per heavy atom. The van der Waals surface area contributed by atoms with Crippen molar-refractivity contribution in [1.29, 1.82) is 0 Å². The molecule has 0 bridgehead atoms. The van der Waals surface area contributed by atoms with Gasteiger partial charge >= 0.3 is 0 Å². The lowest BCUT2D eigenvalue weighted by Gasteiger charge is -2.19. The first-order valence-electron chi connectivity index (χ1n) is 8.29. The molecule has 2 aromatic carbocycles. The van der Waals surface area contributed by atoms with E-state index >= 15 is 0 Å². The van der Waals surface area contributed by atoms with Crippen molar-refractivity contribution in [2.75, 3.05) is 6.61 Å². The van der Waals surface area contributed by atoms with E-state index in [0.717, 1.165) is 9.16 Å². The summed E-state index contributed by atoms with van der Waals surface area (Å²) in [5, 5.41) is 12.6. The zero-order valence-electron chi connectivity index (χ0n) is 14.8. The highest BCUT2D eigenvalue weighted by Crippen LogP contribution is 2.27. The van der Waals surface area contributed by atoms with Gasteiger partial charge in [-0.3, -0.25) is 0 Å². The van der Waals surface area contributed by atoms with Gasteiger partial charge in [0.25, 0.3) is 11.4 Å². The van der Waals surface area contributed by atoms with Gasteiger partial charge in [0.2, 0.25) is 0 Å². The summed E-state index contributed by atoms with van der Waals surface area (Å²) in [4.78, 5) is 13.1. The molecule has 0 atom stereocenters. The molecule has 3 rings (SSSR count). The molecular weight excluding hydrogens is 335 g/mol. The maximum Gasteiger partial charge on any atom is 0.289 e. The van der Waals surface area contributed by atoms with Crippen LogP contribution >= 0.6 is 0 Å². The van der Waals surface area contributed by atoms with Crippen molar-refractivity contribution in [2.24, 2.45) is 0 Å². The molecule has 0 aliphatic carbocycles. The molecule has 3 aromatic rings. The molecule has 0 N–H and O–H groups in total. The van der Waals surface area contributed by atoms with Crippen LogP contribution in [0, 0.1) is 29.8 Å². The van der Waals surface area contributed by atoms with E-state index in [4.69, 9.17) is 4.74 Å². The van der Waals surface area contributed by atoms with Crippen LogP contribution in [0.25, 0.3) is 22.5 Å². The van der Waals surface area contributed by atoms with Crippen LogP contribution in [0.3, 0.4) is 0 Å². The van der Waals surface area contributed by atoms with Crippen molar-refractivity contribution < 1.29 is 13.6 Å². The van der Waals surface area contributed by atoms with E-state index in [1.807, 2.05) is 6.92 Å². The lowest BCUT2D eigenvalue weighted by molar-refractivity contribution is -0.471. The number of nitrogens with zero attached hydrogens (tertiary/aromatic N) is 2. The average molecular weight is 354 g/mol. The Morgan fingerprint density at radius 3 is 1.88 bits per heavy atom. The zero-order valence-corrected chi connectivity index (χ0v) is 14.8. The van der Waals surface area contributed by atoms with Crippen LogP contribution in [0.2, 0.25) is 0 Å². The fourth-order valence-corrected chi connectivity index (χ4v) is 2.99. The smallest absolute Gasteiger partial charge is 0.289 e. The van der Waals surface area contributed by atoms with Gasteiger partial charge in [-0.25, -0.2) is 4.39 Å². The minimum Gasteiger partial charge on any atom is -0.805 e. The maximum atomic E-state index is 13.2. The lowest BCUT2D eigenvalue weighted by Crippen LogP contribution is -2.27. The van der Waals surface area contributed by atoms with Crippen LogP contribution in [0.1, 0.15) is 18.3 Å². The first-order chi connectivity index (χ1) is 12.4. The van der Waals surface area contributed by atoms with Gasteiger partial charge in [-0.1, -0.05) is 0 Å². The molecule has 0 spiro atoms. The van der Waals surface area contributed by atoms with Gasteiger partial charge < -0.3 is 14.7 Å². The molecule has 0 saturated carbocycles. The van der Waals surface area contributed by atoms with Gasteiger partial charge in [-0.15, -0.1) is 0 Å². The number of aromatic nitrogens is 2. The number of ether oxygens (including phenoxy) is 1. The summed E-state index contributed by atoms with van der Waals surface area (Å²) in [5.74, 6) is 0.282. The first kappa shape index (κ1) is 17.7. The van der Waals surface area contributed by atoms with E-state index in [1.165, 1.54) is 24.3 Å². The fraction of sp³-hybridized carbons (Fsp3) is 0.200. The molecule has 0 fully saturated rings. The molecule has 0 aliphatic rings. The predicted molar refractivity (Wildman–Crippen MR) is 98.0 cm³/mol. The van der Waals surface area contributed by atoms with E-state index in [0.29, 0.717) is 29.2 Å². The van der Waals surface area contributed by atoms with Gasteiger partial charge in [0.05, 0.1) is 33.5 Å². The van der Waals surface area contributed by atoms with Crippen LogP contribution in [0.4, 0.5) is 4.39 Å². The van der Waals surface area contributed by atoms with Gasteiger partial charge in [-0.05, 0) is 69.3 Å². The third-order valence-electron chi connectivity index (χ3n) is 4.26. The van der Waals surface area contributed by atoms with Crippen molar-refractivity contribution in [2.45, 2.75) is 20.8 Å². The Hall–Kier alpha value is -3.15. The molecule has 26 heavy (non-hydrogen) atoms. The summed E-state index contributed by atoms with van der Waals surface area (Å²) in [6, 6.07) is 12.5. The topological polar surface area (TPSA) is 60.2 Å². The predicted octanol–water partition coefficient (Wildman–Crippen LogP) is 4.24. The van der Waals surface area contributed by atoms with Gasteiger partial charge in [-0.2, -0.15) is 0 Å². The summed E-state index contributed by atoms with van der Waals surface area (Å²) in [6.45, 7) is 5.61. The largest absolute Gasteiger partial charge is 0.805 e. The van der Waals surface area contributed by atoms with E-state index in [-0.39, 0.29) is 17.1 Å². The monoisotopic (exact) mass is 354 g/mol. The molecule has 1 heterocycles. The summed E-state index contributed by atoms with van der Waals surface area (Å²) in [5.41, 5.74) is 2.11. The van der Waals surface area contributed by atoms with Crippen molar-refractivity contribution in [1.82, 2.24) is 4.73 Å². The van der Waals surface area contributed by atoms with Crippen LogP contribution in [-0.2, 0) is 0 Å². The molecule has 5 nitrogen and oxygen atoms in total. The highest BCUT2D eigenvalue weighted by molar-refractivity contribution is 5.65. The molecule has 0 amide bonds. The third-order valence-corrected chi connectivity index (χ3v) is 4.26. The Kier molecular flexibility index (Phi) is 4.75. The van der Waals surface area contributed by atoms with Crippen molar-refractivity contribution >= 4 is 0 Å². The molecule has 0 aliphatic heterocycles. The highest BCUT2D eigenvalue weighted by atomic mass is 19.1. The minimum absolute atomic E-state index is 0.203. The van der Waals surface area contributed by atoms with Crippen LogP contribution in [-0.4, -0.2) is 11.3 Å². The number of halogens is 1. The SMILES string of the molecule is CCOc1ccc(-c2c(C)n([O-])c(C)c(-c3ccc(F)cc3)[n+]2=O)cc1. The fourth-order valence-electron chi connectivity index (χ4n) is 2.99. The molecule has 1 aromatic heterocycles. The Balaban J connectivity index is 2.23. The number of hydrogen-bond acceptors (Lipinski definition) is 3. The number of hydrogen-bond donors (Lipinski definition) is 0. The summed E-state index contributed by atoms with van der Waals surface area (Å²) in [7, 11) is 0. The molecular formula is C20H19FN2O3. The zero-order chi connectivity index (χ0) is 18.8. The normalized spacial score (nSPS) is 10.8. The second kappa shape index (κ2) is 7.00. The minimum atomic E-state index is -0.405. The third kappa shape index (κ3) is 3.06. The van der Waals surface area contributed by atoms with Crippen LogP contribution in [0.15, 0.2) is 48.5 Å². The van der Waals surface area contributed by atoms with Crippen LogP contribution < -0.4 is 9.16 Å². The van der Waals surface area contributed by atoms with Gasteiger partial charge in [0.1, 0.15) is 11.6 Å². The summed E-state index contributed by atoms with van der Waals surface area (Å²) in [6.07, 6.45) is 0. The first-order valence-corrected chi connectivity index (χ1v) is 8.29. The van der Waals surface area contributed by atoms with Crippen LogP contribution in [0.5, 0.6) is 5.75 Å². The molecule has 0 unspecified atom stereocenters. The van der Waals surface area contributed by atoms with Crippen molar-refractivity contribution in [3.63, 3.8) is 0 Å². The number of benzene rings is 2. The molecule has 0 radical (unpaired) electrons. The molecule has 6 heteroatoms. The van der Waals surface area contributed by atoms with Gasteiger partial charge in [0.15, 0.2) is 0 Å². The Bertz CT molecular complexity index is 994. The van der Waals surface area contributed by atoms with E-state index in [1.54, 1.807) is 38.1 Å². The van der Waals surface area contributed by atoms with Crippen molar-refractivity contribution in [3.8, 4) is 28.3 Å². The van der Waals surface area contributed by atoms with E-state index in [9.17, 15) is 14.5 Å². The molecule has 134 valence electrons. The lowest BCUT2D eigenvalue weighted by atomic mass is 10.1. The number of rotatable bonds is 4. The van der Waals surface area contributed by atoms with E-state index in [2.05, 4.69) is 0 Å². The average Bonchev–Trinajstić information content (AvgIpc) is 2.63. The second-order valence-corrected chi connectivity index (χ2v) is 5.92. The van der Waals surface area contributed by atoms with Gasteiger partial charge in [0, 0.05) is 4.91 Å². The Morgan fingerprint density at radius 2 is 1.42 bits per heavy atom.